The van der Waals surface area contributed by atoms with Crippen LogP contribution in [0.4, 0.5) is 26.3 Å². The van der Waals surface area contributed by atoms with Crippen LogP contribution in [-0.2, 0) is 38.6 Å². The summed E-state index contributed by atoms with van der Waals surface area (Å²) in [6.45, 7) is 13.5. The zero-order valence-electron chi connectivity index (χ0n) is 65.4. The highest BCUT2D eigenvalue weighted by atomic mass is 19.4. The zero-order valence-corrected chi connectivity index (χ0v) is 65.4. The van der Waals surface area contributed by atoms with Gasteiger partial charge in [0.25, 0.3) is 0 Å². The van der Waals surface area contributed by atoms with E-state index in [4.69, 9.17) is 81.1 Å². The molecule has 10 aromatic rings. The first kappa shape index (κ1) is 99.3. The van der Waals surface area contributed by atoms with Gasteiger partial charge in [-0.3, -0.25) is 0 Å². The maximum Gasteiger partial charge on any atom is 0.411 e. The summed E-state index contributed by atoms with van der Waals surface area (Å²) < 4.78 is 175. The minimum Gasteiger partial charge on any atom is -0.493 e. The third-order valence-electron chi connectivity index (χ3n) is 21.2. The van der Waals surface area contributed by atoms with Gasteiger partial charge in [-0.25, -0.2) is 19.2 Å². The average Bonchev–Trinajstić information content (AvgIpc) is 1.28. The molecule has 5 fully saturated rings. The van der Waals surface area contributed by atoms with Crippen molar-refractivity contribution in [2.24, 2.45) is 10.8 Å². The van der Waals surface area contributed by atoms with E-state index in [0.29, 0.717) is 135 Å². The Bertz CT molecular complexity index is 4940. The van der Waals surface area contributed by atoms with Crippen molar-refractivity contribution in [2.75, 3.05) is 92.9 Å². The van der Waals surface area contributed by atoms with Gasteiger partial charge in [0.1, 0.15) is 76.7 Å². The van der Waals surface area contributed by atoms with Crippen molar-refractivity contribution in [3.63, 3.8) is 0 Å². The van der Waals surface area contributed by atoms with Crippen LogP contribution >= 0.6 is 0 Å². The number of carbonyl (C=O) groups excluding carboxylic acids is 4. The molecule has 0 bridgehead atoms. The van der Waals surface area contributed by atoms with Crippen molar-refractivity contribution in [1.29, 1.82) is 5.26 Å². The Balaban J connectivity index is 0.000000250. The highest BCUT2D eigenvalue weighted by Gasteiger charge is 2.72. The van der Waals surface area contributed by atoms with Gasteiger partial charge < -0.3 is 75.8 Å². The van der Waals surface area contributed by atoms with E-state index in [-0.39, 0.29) is 116 Å². The van der Waals surface area contributed by atoms with Crippen LogP contribution in [0.2, 0.25) is 0 Å². The topological polar surface area (TPSA) is 250 Å². The van der Waals surface area contributed by atoms with Gasteiger partial charge in [-0.05, 0) is 227 Å². The second kappa shape index (κ2) is 44.2. The summed E-state index contributed by atoms with van der Waals surface area (Å²) in [6, 6.07) is 60.1. The van der Waals surface area contributed by atoms with E-state index in [1.165, 1.54) is 24.3 Å². The second-order valence-electron chi connectivity index (χ2n) is 29.6. The molecule has 16 rings (SSSR count). The third-order valence-corrected chi connectivity index (χ3v) is 21.2. The van der Waals surface area contributed by atoms with Crippen LogP contribution in [0.3, 0.4) is 0 Å². The number of nitrogens with zero attached hydrogens (tertiary/aromatic N) is 1. The molecule has 0 spiro atoms. The molecule has 5 aliphatic heterocycles. The predicted molar refractivity (Wildman–Crippen MR) is 463 cm³/mol. The molecular weight excluding hydrogens is 1640 g/mol. The zero-order chi connectivity index (χ0) is 84.0. The van der Waals surface area contributed by atoms with Gasteiger partial charge in [-0.2, -0.15) is 31.6 Å². The molecule has 10 aromatic carbocycles. The van der Waals surface area contributed by atoms with Crippen LogP contribution < -0.4 is 42.6 Å². The van der Waals surface area contributed by atoms with Gasteiger partial charge >= 0.3 is 36.2 Å². The monoisotopic (exact) mass is 1740 g/mol. The molecule has 0 radical (unpaired) electrons. The van der Waals surface area contributed by atoms with Gasteiger partial charge in [0.2, 0.25) is 5.41 Å². The Morgan fingerprint density at radius 1 is 0.381 bits per heavy atom. The van der Waals surface area contributed by atoms with E-state index in [1.807, 2.05) is 86.6 Å². The first-order chi connectivity index (χ1) is 58.0. The molecule has 3 unspecified atom stereocenters. The molecule has 5 heterocycles. The van der Waals surface area contributed by atoms with Crippen molar-refractivity contribution >= 4 is 23.9 Å². The first-order valence-corrected chi connectivity index (χ1v) is 38.8. The molecule has 6 aliphatic rings. The van der Waals surface area contributed by atoms with Crippen molar-refractivity contribution in [2.45, 2.75) is 120 Å². The van der Waals surface area contributed by atoms with Crippen molar-refractivity contribution in [3.05, 3.63) is 281 Å². The third kappa shape index (κ3) is 24.7. The van der Waals surface area contributed by atoms with E-state index in [1.54, 1.807) is 84.9 Å². The lowest BCUT2D eigenvalue weighted by atomic mass is 9.73. The van der Waals surface area contributed by atoms with Crippen LogP contribution in [0.5, 0.6) is 51.7 Å². The lowest BCUT2D eigenvalue weighted by Gasteiger charge is -2.40. The van der Waals surface area contributed by atoms with Crippen LogP contribution in [0.1, 0.15) is 153 Å². The molecule has 3 atom stereocenters. The standard InChI is InChI=1S/C41H38F6O8.C36H32O10.C16H13NO2.6CH4/c1-3-37(21-50-22-37)25-52-31-13-5-27(6-14-31)35(48)54-33-17-9-29(10-18-33)39(40(42,43)44,41(45,46)47)30-11-19-34(20-12-30)55-36(49)28-7-15-32(16-8-28)53-26-38(4-2)23-51-24-38;1-22-33-14-27(45-35(37)23-2-6-25(7-3-23)43-20-39-16-29-18-41-29)10-12-31(33)32-13-11-28(15-34(22)32)46-36(38)24-4-8-26(9-5-24)44-21-40-17-30-19-42-30;17-9-12-1-3-13(4-2-12)14-5-7-15(8-6-14)18-10-16-11-19-16;;;;;;/h5-20H,3-4,21-26H2,1-2H3;2-15,22,29-30H,16-21H2,1H3;1-8,16H,10-11H2;6*1H4. The summed E-state index contributed by atoms with van der Waals surface area (Å²) in [4.78, 5) is 51.3. The van der Waals surface area contributed by atoms with E-state index in [2.05, 4.69) is 13.0 Å². The predicted octanol–water partition coefficient (Wildman–Crippen LogP) is 21.7. The number of carbonyl (C=O) groups is 4. The molecule has 0 aromatic heterocycles. The van der Waals surface area contributed by atoms with Crippen LogP contribution in [-0.4, -0.2) is 147 Å². The summed E-state index contributed by atoms with van der Waals surface area (Å²) >= 11 is 0. The number of hydrogen-bond acceptors (Lipinski definition) is 21. The fourth-order valence-corrected chi connectivity index (χ4v) is 13.3. The summed E-state index contributed by atoms with van der Waals surface area (Å²) in [6.07, 6.45) is -9.38. The minimum absolute atomic E-state index is 0. The molecule has 126 heavy (non-hydrogen) atoms. The van der Waals surface area contributed by atoms with E-state index >= 15 is 0 Å². The van der Waals surface area contributed by atoms with Crippen LogP contribution in [0, 0.1) is 22.2 Å². The SMILES string of the molecule is C.C.C.C.C.C.CC1c2cc(OC(=O)c3ccc(OCOCC4CO4)cc3)ccc2-c2ccc(OC(=O)c3ccc(OCOCC4CO4)cc3)cc21.CCC1(COc2ccc(C(=O)Oc3ccc(C(c4ccc(OC(=O)c5ccc(OCC6(CC)COC6)cc5)cc4)(C(F)(F)F)C(F)(F)F)cc3)cc2)COC1.N#Cc1ccc(-c2ccc(OCC3CO3)cc2)cc1. The van der Waals surface area contributed by atoms with E-state index in [9.17, 15) is 45.5 Å². The highest BCUT2D eigenvalue weighted by Crippen LogP contribution is 2.57. The number of epoxide rings is 3. The van der Waals surface area contributed by atoms with Crippen molar-refractivity contribution in [1.82, 2.24) is 0 Å². The number of benzene rings is 10. The maximum atomic E-state index is 14.8. The number of ether oxygens (including phenoxy) is 16. The van der Waals surface area contributed by atoms with E-state index in [0.717, 1.165) is 96.1 Å². The molecule has 670 valence electrons. The quantitative estimate of drug-likeness (QED) is 0.00949. The Hall–Kier alpha value is -12.1. The molecule has 5 saturated heterocycles. The molecule has 0 N–H and O–H groups in total. The summed E-state index contributed by atoms with van der Waals surface area (Å²) in [5, 5.41) is 8.77. The maximum absolute atomic E-state index is 14.8. The van der Waals surface area contributed by atoms with Crippen LogP contribution in [0.25, 0.3) is 22.3 Å². The number of nitriles is 1. The number of fused-ring (bicyclic) bond motifs is 3. The van der Waals surface area contributed by atoms with Gasteiger partial charge in [-0.1, -0.05) is 126 Å². The molecule has 0 saturated carbocycles. The lowest BCUT2D eigenvalue weighted by Crippen LogP contribution is -2.54. The fraction of sp³-hybridized carbons (Fsp3) is 0.343. The highest BCUT2D eigenvalue weighted by molar-refractivity contribution is 5.94. The van der Waals surface area contributed by atoms with Crippen LogP contribution in [0.15, 0.2) is 231 Å². The summed E-state index contributed by atoms with van der Waals surface area (Å²) in [5.74, 6) is 0.668. The van der Waals surface area contributed by atoms with E-state index < -0.39 is 52.8 Å². The number of halogens is 6. The second-order valence-corrected chi connectivity index (χ2v) is 29.6. The minimum atomic E-state index is -5.87. The van der Waals surface area contributed by atoms with Gasteiger partial charge in [0.05, 0.1) is 117 Å². The Kier molecular flexibility index (Phi) is 34.8. The Morgan fingerprint density at radius 2 is 0.667 bits per heavy atom. The van der Waals surface area contributed by atoms with Gasteiger partial charge in [-0.15, -0.1) is 0 Å². The Labute approximate surface area is 731 Å². The largest absolute Gasteiger partial charge is 0.493 e. The van der Waals surface area contributed by atoms with Crippen molar-refractivity contribution in [3.8, 4) is 80.1 Å². The van der Waals surface area contributed by atoms with Gasteiger partial charge in [0, 0.05) is 5.92 Å². The molecule has 0 amide bonds. The average molecular weight is 1740 g/mol. The smallest absolute Gasteiger partial charge is 0.411 e. The van der Waals surface area contributed by atoms with Gasteiger partial charge in [0.15, 0.2) is 13.6 Å². The number of hydrogen-bond donors (Lipinski definition) is 0. The molecule has 27 heteroatoms. The number of alkyl halides is 6. The number of esters is 4. The summed E-state index contributed by atoms with van der Waals surface area (Å²) in [5.41, 5.74) is 1.03. The molecule has 21 nitrogen and oxygen atoms in total. The molecular formula is C99H107F6NO20. The first-order valence-electron chi connectivity index (χ1n) is 38.8. The molecule has 1 aliphatic carbocycles. The lowest BCUT2D eigenvalue weighted by molar-refractivity contribution is -0.288. The Morgan fingerprint density at radius 3 is 0.968 bits per heavy atom. The summed E-state index contributed by atoms with van der Waals surface area (Å²) in [7, 11) is 0. The van der Waals surface area contributed by atoms with Crippen molar-refractivity contribution < 1.29 is 121 Å². The normalized spacial score (nSPS) is 16.4. The number of rotatable bonds is 32. The fourth-order valence-electron chi connectivity index (χ4n) is 13.3.